The number of rotatable bonds is 7. The van der Waals surface area contributed by atoms with Crippen LogP contribution in [0.3, 0.4) is 0 Å². The van der Waals surface area contributed by atoms with Gasteiger partial charge in [0, 0.05) is 16.6 Å². The Kier molecular flexibility index (Phi) is 6.54. The number of halogens is 1. The van der Waals surface area contributed by atoms with Crippen molar-refractivity contribution in [3.8, 4) is 5.75 Å². The fourth-order valence-corrected chi connectivity index (χ4v) is 5.07. The first kappa shape index (κ1) is 23.7. The zero-order valence-electron chi connectivity index (χ0n) is 18.8. The number of furan rings is 1. The SMILES string of the molecule is COc1ccc(NC(=O)Cc2coc3cc(C)c(C)cc23)cc1S(=O)(=O)Nc1ccccc1Cl. The monoisotopic (exact) mass is 498 g/mol. The molecule has 1 aromatic heterocycles. The number of hydrogen-bond acceptors (Lipinski definition) is 5. The lowest BCUT2D eigenvalue weighted by molar-refractivity contribution is -0.115. The molecule has 9 heteroatoms. The lowest BCUT2D eigenvalue weighted by Gasteiger charge is -2.14. The maximum atomic E-state index is 13.1. The molecule has 0 radical (unpaired) electrons. The highest BCUT2D eigenvalue weighted by Gasteiger charge is 2.22. The minimum atomic E-state index is -4.05. The second-order valence-corrected chi connectivity index (χ2v) is 9.93. The molecule has 2 N–H and O–H groups in total. The molecule has 1 heterocycles. The van der Waals surface area contributed by atoms with Gasteiger partial charge in [0.15, 0.2) is 0 Å². The number of aryl methyl sites for hydroxylation is 2. The molecule has 176 valence electrons. The highest BCUT2D eigenvalue weighted by Crippen LogP contribution is 2.31. The lowest BCUT2D eigenvalue weighted by Crippen LogP contribution is -2.17. The number of methoxy groups -OCH3 is 1. The van der Waals surface area contributed by atoms with E-state index in [9.17, 15) is 13.2 Å². The standard InChI is InChI=1S/C25H23ClN2O5S/c1-15-10-19-17(14-33-23(19)11-16(15)2)12-25(29)27-18-8-9-22(32-3)24(13-18)34(30,31)28-21-7-5-4-6-20(21)26/h4-11,13-14,28H,12H2,1-3H3,(H,27,29). The van der Waals surface area contributed by atoms with Gasteiger partial charge >= 0.3 is 0 Å². The number of amides is 1. The Labute approximate surface area is 202 Å². The molecule has 4 aromatic rings. The van der Waals surface area contributed by atoms with Gasteiger partial charge < -0.3 is 14.5 Å². The second-order valence-electron chi connectivity index (χ2n) is 7.87. The average Bonchev–Trinajstić information content (AvgIpc) is 3.16. The van der Waals surface area contributed by atoms with E-state index >= 15 is 0 Å². The highest BCUT2D eigenvalue weighted by atomic mass is 35.5. The maximum absolute atomic E-state index is 13.1. The average molecular weight is 499 g/mol. The number of nitrogens with one attached hydrogen (secondary N) is 2. The van der Waals surface area contributed by atoms with Gasteiger partial charge in [0.05, 0.1) is 30.5 Å². The molecule has 0 fully saturated rings. The van der Waals surface area contributed by atoms with E-state index in [-0.39, 0.29) is 33.7 Å². The fraction of sp³-hybridized carbons (Fsp3) is 0.160. The van der Waals surface area contributed by atoms with Gasteiger partial charge in [-0.1, -0.05) is 23.7 Å². The van der Waals surface area contributed by atoms with Gasteiger partial charge in [-0.2, -0.15) is 0 Å². The Hall–Kier alpha value is -3.49. The molecule has 0 aliphatic rings. The summed E-state index contributed by atoms with van der Waals surface area (Å²) in [5, 5.41) is 3.89. The number of anilines is 2. The van der Waals surface area contributed by atoms with Crippen LogP contribution in [0.4, 0.5) is 11.4 Å². The molecule has 0 aliphatic heterocycles. The Morgan fingerprint density at radius 2 is 1.79 bits per heavy atom. The zero-order chi connectivity index (χ0) is 24.5. The predicted octanol–water partition coefficient (Wildman–Crippen LogP) is 5.69. The zero-order valence-corrected chi connectivity index (χ0v) is 20.4. The van der Waals surface area contributed by atoms with Crippen LogP contribution >= 0.6 is 11.6 Å². The number of carbonyl (C=O) groups excluding carboxylic acids is 1. The van der Waals surface area contributed by atoms with Crippen LogP contribution in [0.15, 0.2) is 70.2 Å². The van der Waals surface area contributed by atoms with Gasteiger partial charge in [-0.15, -0.1) is 0 Å². The third kappa shape index (κ3) is 4.88. The number of sulfonamides is 1. The van der Waals surface area contributed by atoms with E-state index in [2.05, 4.69) is 10.0 Å². The number of benzene rings is 3. The van der Waals surface area contributed by atoms with Crippen molar-refractivity contribution in [2.75, 3.05) is 17.1 Å². The Balaban J connectivity index is 1.57. The van der Waals surface area contributed by atoms with Crippen LogP contribution < -0.4 is 14.8 Å². The molecule has 7 nitrogen and oxygen atoms in total. The molecule has 0 saturated carbocycles. The van der Waals surface area contributed by atoms with Gasteiger partial charge in [-0.05, 0) is 67.4 Å². The van der Waals surface area contributed by atoms with Gasteiger partial charge in [-0.3, -0.25) is 9.52 Å². The van der Waals surface area contributed by atoms with Gasteiger partial charge in [0.1, 0.15) is 16.2 Å². The Morgan fingerprint density at radius 1 is 1.06 bits per heavy atom. The lowest BCUT2D eigenvalue weighted by atomic mass is 10.0. The van der Waals surface area contributed by atoms with E-state index in [1.165, 1.54) is 19.2 Å². The first-order chi connectivity index (χ1) is 16.2. The van der Waals surface area contributed by atoms with E-state index in [0.29, 0.717) is 5.69 Å². The minimum absolute atomic E-state index is 0.0709. The first-order valence-corrected chi connectivity index (χ1v) is 12.3. The molecular formula is C25H23ClN2O5S. The van der Waals surface area contributed by atoms with E-state index < -0.39 is 10.0 Å². The molecule has 0 aliphatic carbocycles. The summed E-state index contributed by atoms with van der Waals surface area (Å²) in [7, 11) is -2.68. The maximum Gasteiger partial charge on any atom is 0.265 e. The van der Waals surface area contributed by atoms with Crippen LogP contribution in [-0.2, 0) is 21.2 Å². The van der Waals surface area contributed by atoms with Crippen molar-refractivity contribution in [1.29, 1.82) is 0 Å². The summed E-state index contributed by atoms with van der Waals surface area (Å²) in [4.78, 5) is 12.6. The second kappa shape index (κ2) is 9.40. The summed E-state index contributed by atoms with van der Waals surface area (Å²) >= 11 is 6.10. The summed E-state index contributed by atoms with van der Waals surface area (Å²) in [6, 6.07) is 14.8. The first-order valence-electron chi connectivity index (χ1n) is 10.4. The van der Waals surface area contributed by atoms with E-state index in [1.54, 1.807) is 36.6 Å². The number of ether oxygens (including phenoxy) is 1. The number of carbonyl (C=O) groups is 1. The molecule has 0 atom stereocenters. The van der Waals surface area contributed by atoms with Crippen LogP contribution in [0.2, 0.25) is 5.02 Å². The van der Waals surface area contributed by atoms with Crippen LogP contribution in [-0.4, -0.2) is 21.4 Å². The van der Waals surface area contributed by atoms with Gasteiger partial charge in [-0.25, -0.2) is 8.42 Å². The van der Waals surface area contributed by atoms with Gasteiger partial charge in [0.25, 0.3) is 10.0 Å². The van der Waals surface area contributed by atoms with Crippen LogP contribution in [0.1, 0.15) is 16.7 Å². The van der Waals surface area contributed by atoms with Crippen molar-refractivity contribution in [2.24, 2.45) is 0 Å². The quantitative estimate of drug-likeness (QED) is 0.341. The molecule has 0 saturated heterocycles. The largest absolute Gasteiger partial charge is 0.495 e. The van der Waals surface area contributed by atoms with Crippen molar-refractivity contribution in [2.45, 2.75) is 25.2 Å². The minimum Gasteiger partial charge on any atom is -0.495 e. The summed E-state index contributed by atoms with van der Waals surface area (Å²) < 4.78 is 39.4. The van der Waals surface area contributed by atoms with E-state index in [4.69, 9.17) is 20.8 Å². The Bertz CT molecular complexity index is 1490. The third-order valence-electron chi connectivity index (χ3n) is 5.48. The highest BCUT2D eigenvalue weighted by molar-refractivity contribution is 7.92. The van der Waals surface area contributed by atoms with Crippen molar-refractivity contribution in [3.63, 3.8) is 0 Å². The van der Waals surface area contributed by atoms with Gasteiger partial charge in [0.2, 0.25) is 5.91 Å². The Morgan fingerprint density at radius 3 is 2.53 bits per heavy atom. The molecule has 1 amide bonds. The summed E-state index contributed by atoms with van der Waals surface area (Å²) in [6.07, 6.45) is 1.64. The van der Waals surface area contributed by atoms with Crippen LogP contribution in [0, 0.1) is 13.8 Å². The van der Waals surface area contributed by atoms with E-state index in [1.807, 2.05) is 26.0 Å². The van der Waals surface area contributed by atoms with Crippen molar-refractivity contribution < 1.29 is 22.4 Å². The van der Waals surface area contributed by atoms with Crippen molar-refractivity contribution >= 4 is 49.9 Å². The summed E-state index contributed by atoms with van der Waals surface area (Å²) in [6.45, 7) is 4.00. The predicted molar refractivity (Wildman–Crippen MR) is 133 cm³/mol. The third-order valence-corrected chi connectivity index (χ3v) is 7.19. The molecule has 3 aromatic carbocycles. The number of hydrogen-bond donors (Lipinski definition) is 2. The summed E-state index contributed by atoms with van der Waals surface area (Å²) in [5.74, 6) is -0.183. The molecule has 0 unspecified atom stereocenters. The van der Waals surface area contributed by atoms with Crippen molar-refractivity contribution in [1.82, 2.24) is 0 Å². The molecular weight excluding hydrogens is 476 g/mol. The summed E-state index contributed by atoms with van der Waals surface area (Å²) in [5.41, 5.74) is 4.22. The van der Waals surface area contributed by atoms with Crippen LogP contribution in [0.25, 0.3) is 11.0 Å². The molecule has 0 bridgehead atoms. The fourth-order valence-electron chi connectivity index (χ4n) is 3.56. The van der Waals surface area contributed by atoms with E-state index in [0.717, 1.165) is 27.7 Å². The van der Waals surface area contributed by atoms with Crippen molar-refractivity contribution in [3.05, 3.63) is 82.6 Å². The number of fused-ring (bicyclic) bond motifs is 1. The molecule has 4 rings (SSSR count). The normalized spacial score (nSPS) is 11.4. The topological polar surface area (TPSA) is 97.6 Å². The van der Waals surface area contributed by atoms with Crippen LogP contribution in [0.5, 0.6) is 5.75 Å². The number of para-hydroxylation sites is 1. The smallest absolute Gasteiger partial charge is 0.265 e. The molecule has 0 spiro atoms. The molecule has 34 heavy (non-hydrogen) atoms.